The average Bonchev–Trinajstić information content (AvgIpc) is 3.29. The molecule has 1 atom stereocenters. The monoisotopic (exact) mass is 334 g/mol. The molecule has 2 aliphatic rings. The minimum absolute atomic E-state index is 0.642. The van der Waals surface area contributed by atoms with E-state index in [0.29, 0.717) is 6.04 Å². The largest absolute Gasteiger partial charge is 0.354 e. The van der Waals surface area contributed by atoms with Gasteiger partial charge in [0.05, 0.1) is 12.2 Å². The maximum atomic E-state index is 4.61. The van der Waals surface area contributed by atoms with Crippen LogP contribution in [-0.2, 0) is 6.54 Å². The summed E-state index contributed by atoms with van der Waals surface area (Å²) in [4.78, 5) is 16.0. The van der Waals surface area contributed by atoms with Crippen LogP contribution in [0, 0.1) is 0 Å². The van der Waals surface area contributed by atoms with Crippen LogP contribution in [-0.4, -0.2) is 74.1 Å². The van der Waals surface area contributed by atoms with E-state index in [0.717, 1.165) is 49.5 Å². The van der Waals surface area contributed by atoms with Gasteiger partial charge in [-0.15, -0.1) is 11.3 Å². The quantitative estimate of drug-likeness (QED) is 0.510. The molecule has 0 aromatic carbocycles. The predicted molar refractivity (Wildman–Crippen MR) is 97.3 cm³/mol. The van der Waals surface area contributed by atoms with Crippen molar-refractivity contribution in [1.29, 1.82) is 0 Å². The molecule has 0 bridgehead atoms. The fourth-order valence-electron chi connectivity index (χ4n) is 3.11. The molecule has 1 saturated heterocycles. The van der Waals surface area contributed by atoms with Gasteiger partial charge in [0.1, 0.15) is 0 Å². The molecule has 7 heteroatoms. The maximum absolute atomic E-state index is 4.61. The number of hydrogen-bond donors (Lipinski definition) is 1. The number of aromatic nitrogens is 1. The smallest absolute Gasteiger partial charge is 0.194 e. The Morgan fingerprint density at radius 3 is 2.87 bits per heavy atom. The first-order valence-corrected chi connectivity index (χ1v) is 9.01. The van der Waals surface area contributed by atoms with E-state index in [9.17, 15) is 0 Å². The van der Waals surface area contributed by atoms with Crippen LogP contribution >= 0.6 is 11.3 Å². The summed E-state index contributed by atoms with van der Waals surface area (Å²) in [5, 5.41) is 6.61. The lowest BCUT2D eigenvalue weighted by molar-refractivity contribution is 0.259. The van der Waals surface area contributed by atoms with Crippen molar-refractivity contribution in [2.75, 3.05) is 52.2 Å². The van der Waals surface area contributed by atoms with E-state index in [1.54, 1.807) is 11.3 Å². The summed E-state index contributed by atoms with van der Waals surface area (Å²) >= 11 is 1.67. The number of guanidine groups is 1. The summed E-state index contributed by atoms with van der Waals surface area (Å²) in [6.45, 7) is 5.04. The summed E-state index contributed by atoms with van der Waals surface area (Å²) in [5.41, 5.74) is 1.07. The molecule has 1 fully saturated rings. The Bertz CT molecular complexity index is 571. The molecule has 23 heavy (non-hydrogen) atoms. The van der Waals surface area contributed by atoms with Gasteiger partial charge in [-0.2, -0.15) is 0 Å². The third kappa shape index (κ3) is 3.84. The molecular weight excluding hydrogens is 308 g/mol. The highest BCUT2D eigenvalue weighted by atomic mass is 32.1. The second kappa shape index (κ2) is 7.31. The first-order chi connectivity index (χ1) is 11.2. The van der Waals surface area contributed by atoms with Crippen LogP contribution in [0.2, 0.25) is 0 Å². The molecule has 0 radical (unpaired) electrons. The highest BCUT2D eigenvalue weighted by Crippen LogP contribution is 2.19. The van der Waals surface area contributed by atoms with E-state index < -0.39 is 0 Å². The van der Waals surface area contributed by atoms with Gasteiger partial charge in [-0.1, -0.05) is 12.2 Å². The lowest BCUT2D eigenvalue weighted by Crippen LogP contribution is -2.42. The zero-order valence-corrected chi connectivity index (χ0v) is 15.0. The van der Waals surface area contributed by atoms with Crippen molar-refractivity contribution in [3.63, 3.8) is 0 Å². The molecule has 0 aliphatic carbocycles. The molecule has 1 aromatic rings. The minimum atomic E-state index is 0.642. The number of hydrogen-bond acceptors (Lipinski definition) is 5. The summed E-state index contributed by atoms with van der Waals surface area (Å²) in [6.07, 6.45) is 5.74. The Morgan fingerprint density at radius 2 is 2.22 bits per heavy atom. The van der Waals surface area contributed by atoms with Gasteiger partial charge in [0.2, 0.25) is 0 Å². The molecule has 3 heterocycles. The molecule has 6 nitrogen and oxygen atoms in total. The summed E-state index contributed by atoms with van der Waals surface area (Å²) in [7, 11) is 5.90. The van der Waals surface area contributed by atoms with E-state index >= 15 is 0 Å². The van der Waals surface area contributed by atoms with Crippen LogP contribution in [0.4, 0.5) is 5.13 Å². The highest BCUT2D eigenvalue weighted by Gasteiger charge is 2.29. The van der Waals surface area contributed by atoms with Crippen LogP contribution in [0.1, 0.15) is 12.1 Å². The van der Waals surface area contributed by atoms with Gasteiger partial charge in [-0.25, -0.2) is 4.98 Å². The first kappa shape index (κ1) is 16.3. The third-order valence-electron chi connectivity index (χ3n) is 4.39. The second-order valence-electron chi connectivity index (χ2n) is 6.23. The SMILES string of the molecule is CN=C(NCc1csc(N(C)C)n1)N1CCC(N2CC=CC2)C1. The standard InChI is InChI=1S/C16H26N6S/c1-17-15(18-10-13-12-23-16(19-13)20(2)3)22-9-6-14(11-22)21-7-4-5-8-21/h4-5,12,14H,6-11H2,1-3H3,(H,17,18). The van der Waals surface area contributed by atoms with Crippen molar-refractivity contribution in [3.05, 3.63) is 23.2 Å². The van der Waals surface area contributed by atoms with Gasteiger partial charge >= 0.3 is 0 Å². The number of thiazole rings is 1. The Hall–Kier alpha value is -1.60. The highest BCUT2D eigenvalue weighted by molar-refractivity contribution is 7.13. The molecule has 2 aliphatic heterocycles. The van der Waals surface area contributed by atoms with E-state index in [1.807, 2.05) is 26.0 Å². The molecule has 0 saturated carbocycles. The van der Waals surface area contributed by atoms with Gasteiger partial charge in [0.25, 0.3) is 0 Å². The second-order valence-corrected chi connectivity index (χ2v) is 7.07. The normalized spacial score (nSPS) is 22.1. The predicted octanol–water partition coefficient (Wildman–Crippen LogP) is 1.23. The number of likely N-dealkylation sites (tertiary alicyclic amines) is 1. The van der Waals surface area contributed by atoms with Gasteiger partial charge < -0.3 is 15.1 Å². The number of nitrogens with zero attached hydrogens (tertiary/aromatic N) is 5. The minimum Gasteiger partial charge on any atom is -0.354 e. The molecule has 126 valence electrons. The van der Waals surface area contributed by atoms with Crippen molar-refractivity contribution < 1.29 is 0 Å². The van der Waals surface area contributed by atoms with Crippen molar-refractivity contribution >= 4 is 22.4 Å². The van der Waals surface area contributed by atoms with Gasteiger partial charge in [-0.3, -0.25) is 9.89 Å². The summed E-state index contributed by atoms with van der Waals surface area (Å²) < 4.78 is 0. The van der Waals surface area contributed by atoms with Gasteiger partial charge in [0.15, 0.2) is 11.1 Å². The van der Waals surface area contributed by atoms with Crippen molar-refractivity contribution in [2.24, 2.45) is 4.99 Å². The Kier molecular flexibility index (Phi) is 5.17. The molecule has 0 amide bonds. The average molecular weight is 334 g/mol. The van der Waals surface area contributed by atoms with Crippen LogP contribution in [0.15, 0.2) is 22.5 Å². The van der Waals surface area contributed by atoms with Crippen LogP contribution < -0.4 is 10.2 Å². The Balaban J connectivity index is 1.52. The third-order valence-corrected chi connectivity index (χ3v) is 5.44. The lowest BCUT2D eigenvalue weighted by Gasteiger charge is -2.25. The number of aliphatic imine (C=N–C) groups is 1. The van der Waals surface area contributed by atoms with Crippen LogP contribution in [0.5, 0.6) is 0 Å². The van der Waals surface area contributed by atoms with Gasteiger partial charge in [-0.05, 0) is 6.42 Å². The number of anilines is 1. The molecular formula is C16H26N6S. The first-order valence-electron chi connectivity index (χ1n) is 8.13. The van der Waals surface area contributed by atoms with Crippen LogP contribution in [0.25, 0.3) is 0 Å². The maximum Gasteiger partial charge on any atom is 0.194 e. The molecule has 1 N–H and O–H groups in total. The Morgan fingerprint density at radius 1 is 1.43 bits per heavy atom. The summed E-state index contributed by atoms with van der Waals surface area (Å²) in [5.74, 6) is 0.985. The zero-order valence-electron chi connectivity index (χ0n) is 14.2. The van der Waals surface area contributed by atoms with E-state index in [2.05, 4.69) is 42.6 Å². The Labute approximate surface area is 142 Å². The number of nitrogens with one attached hydrogen (secondary N) is 1. The zero-order chi connectivity index (χ0) is 16.2. The van der Waals surface area contributed by atoms with Crippen LogP contribution in [0.3, 0.4) is 0 Å². The summed E-state index contributed by atoms with van der Waals surface area (Å²) in [6, 6.07) is 0.642. The van der Waals surface area contributed by atoms with E-state index in [4.69, 9.17) is 0 Å². The van der Waals surface area contributed by atoms with E-state index in [-0.39, 0.29) is 0 Å². The fraction of sp³-hybridized carbons (Fsp3) is 0.625. The molecule has 3 rings (SSSR count). The fourth-order valence-corrected chi connectivity index (χ4v) is 3.87. The van der Waals surface area contributed by atoms with Crippen molar-refractivity contribution in [3.8, 4) is 0 Å². The molecule has 1 aromatic heterocycles. The van der Waals surface area contributed by atoms with E-state index in [1.165, 1.54) is 6.42 Å². The lowest BCUT2D eigenvalue weighted by atomic mass is 10.2. The number of rotatable bonds is 4. The van der Waals surface area contributed by atoms with Crippen molar-refractivity contribution in [2.45, 2.75) is 19.0 Å². The topological polar surface area (TPSA) is 47.0 Å². The molecule has 0 spiro atoms. The van der Waals surface area contributed by atoms with Gasteiger partial charge in [0, 0.05) is 58.7 Å². The van der Waals surface area contributed by atoms with Crippen molar-refractivity contribution in [1.82, 2.24) is 20.1 Å². The molecule has 1 unspecified atom stereocenters.